The molecular formula is C11H16F6N5OP. The van der Waals surface area contributed by atoms with Crippen LogP contribution in [0.3, 0.4) is 0 Å². The van der Waals surface area contributed by atoms with Crippen molar-refractivity contribution in [2.24, 2.45) is 0 Å². The molecule has 0 spiro atoms. The molecule has 1 aromatic heterocycles. The van der Waals surface area contributed by atoms with Gasteiger partial charge in [0.05, 0.1) is 28.3 Å². The number of methoxy groups -OCH3 is 1. The zero-order valence-electron chi connectivity index (χ0n) is 13.1. The molecule has 2 aromatic rings. The Kier molecular flexibility index (Phi) is 4.79. The number of nitrogens with one attached hydrogen (secondary N) is 1. The summed E-state index contributed by atoms with van der Waals surface area (Å²) in [4.78, 5) is 1.94. The molecule has 0 amide bonds. The van der Waals surface area contributed by atoms with Crippen molar-refractivity contribution in [2.45, 2.75) is 0 Å². The number of hydrogen-bond acceptors (Lipinski definition) is 3. The second-order valence-electron chi connectivity index (χ2n) is 4.87. The van der Waals surface area contributed by atoms with Gasteiger partial charge >= 0.3 is 39.0 Å². The first kappa shape index (κ1) is 19.9. The summed E-state index contributed by atoms with van der Waals surface area (Å²) >= 11 is 0. The number of hydrogen-bond donors (Lipinski definition) is 1. The van der Waals surface area contributed by atoms with Gasteiger partial charge in [-0.25, -0.2) is 4.58 Å². The molecule has 0 bridgehead atoms. The number of amidine groups is 1. The van der Waals surface area contributed by atoms with Crippen LogP contribution in [-0.4, -0.2) is 54.3 Å². The van der Waals surface area contributed by atoms with Crippen LogP contribution in [0, 0.1) is 0 Å². The number of halogens is 6. The van der Waals surface area contributed by atoms with Crippen LogP contribution >= 0.6 is 7.81 Å². The van der Waals surface area contributed by atoms with Crippen molar-refractivity contribution in [2.75, 3.05) is 33.2 Å². The second kappa shape index (κ2) is 5.76. The average molecular weight is 379 g/mol. The van der Waals surface area contributed by atoms with E-state index in [0.717, 1.165) is 22.7 Å². The SMILES string of the molecule is COC(N(C)c1cccc2n[nH]nc12)=[N+](C)C.F[P-](F)(F)(F)(F)F. The number of aromatic nitrogens is 3. The van der Waals surface area contributed by atoms with Crippen molar-refractivity contribution in [1.82, 2.24) is 15.4 Å². The van der Waals surface area contributed by atoms with Crippen LogP contribution < -0.4 is 4.90 Å². The summed E-state index contributed by atoms with van der Waals surface area (Å²) in [7, 11) is -3.22. The van der Waals surface area contributed by atoms with E-state index in [0.29, 0.717) is 0 Å². The predicted octanol–water partition coefficient (Wildman–Crippen LogP) is 4.05. The Morgan fingerprint density at radius 3 is 2.12 bits per heavy atom. The molecular weight excluding hydrogens is 363 g/mol. The third kappa shape index (κ3) is 6.99. The van der Waals surface area contributed by atoms with Crippen LogP contribution in [0.5, 0.6) is 0 Å². The molecule has 0 aliphatic rings. The van der Waals surface area contributed by atoms with Gasteiger partial charge in [-0.2, -0.15) is 20.3 Å². The molecule has 1 aromatic carbocycles. The minimum absolute atomic E-state index is 0.737. The van der Waals surface area contributed by atoms with Crippen molar-refractivity contribution in [3.05, 3.63) is 18.2 Å². The zero-order valence-corrected chi connectivity index (χ0v) is 14.0. The summed E-state index contributed by atoms with van der Waals surface area (Å²) in [5.74, 6) is 0. The quantitative estimate of drug-likeness (QED) is 0.267. The number of nitrogens with zero attached hydrogens (tertiary/aromatic N) is 4. The summed E-state index contributed by atoms with van der Waals surface area (Å²) in [6, 6.07) is 6.58. The van der Waals surface area contributed by atoms with Gasteiger partial charge in [0.15, 0.2) is 11.2 Å². The molecule has 0 atom stereocenters. The second-order valence-corrected chi connectivity index (χ2v) is 6.78. The predicted molar refractivity (Wildman–Crippen MR) is 80.0 cm³/mol. The fourth-order valence-corrected chi connectivity index (χ4v) is 1.85. The van der Waals surface area contributed by atoms with Gasteiger partial charge in [0.25, 0.3) is 0 Å². The molecule has 0 aliphatic carbocycles. The van der Waals surface area contributed by atoms with Crippen LogP contribution in [0.15, 0.2) is 18.2 Å². The monoisotopic (exact) mass is 379 g/mol. The van der Waals surface area contributed by atoms with Gasteiger partial charge in [-0.05, 0) is 12.1 Å². The Morgan fingerprint density at radius 1 is 1.12 bits per heavy atom. The Morgan fingerprint density at radius 2 is 1.67 bits per heavy atom. The van der Waals surface area contributed by atoms with E-state index in [1.54, 1.807) is 7.11 Å². The molecule has 138 valence electrons. The van der Waals surface area contributed by atoms with E-state index < -0.39 is 7.81 Å². The normalized spacial score (nSPS) is 14.1. The first-order valence-electron chi connectivity index (χ1n) is 6.28. The van der Waals surface area contributed by atoms with Gasteiger partial charge in [0.2, 0.25) is 0 Å². The standard InChI is InChI=1S/C11H16N5O.F6P/c1-15(2)11(17-4)16(3)9-7-5-6-8-10(9)13-14-12-8;1-7(2,3,4,5)6/h5-7H,1-4H3,(H,12,13,14);/q+1;-1. The number of anilines is 1. The topological polar surface area (TPSA) is 57.0 Å². The van der Waals surface area contributed by atoms with Gasteiger partial charge in [-0.15, -0.1) is 0 Å². The molecule has 13 heteroatoms. The maximum absolute atomic E-state index is 10.7. The Bertz CT molecular complexity index is 741. The molecule has 0 fully saturated rings. The van der Waals surface area contributed by atoms with Gasteiger partial charge in [0, 0.05) is 0 Å². The van der Waals surface area contributed by atoms with E-state index >= 15 is 0 Å². The molecule has 0 saturated carbocycles. The van der Waals surface area contributed by atoms with E-state index in [1.807, 2.05) is 48.8 Å². The number of aromatic amines is 1. The van der Waals surface area contributed by atoms with Crippen molar-refractivity contribution in [3.8, 4) is 0 Å². The fraction of sp³-hybridized carbons (Fsp3) is 0.364. The van der Waals surface area contributed by atoms with Gasteiger partial charge < -0.3 is 4.74 Å². The number of para-hydroxylation sites is 1. The number of rotatable bonds is 1. The number of ether oxygens (including phenoxy) is 1. The number of fused-ring (bicyclic) bond motifs is 1. The van der Waals surface area contributed by atoms with E-state index in [1.165, 1.54) is 0 Å². The fourth-order valence-electron chi connectivity index (χ4n) is 1.85. The zero-order chi connectivity index (χ0) is 18.8. The summed E-state index contributed by atoms with van der Waals surface area (Å²) in [6.07, 6.45) is 0. The maximum atomic E-state index is 9.87. The van der Waals surface area contributed by atoms with Crippen LogP contribution in [-0.2, 0) is 4.74 Å². The van der Waals surface area contributed by atoms with Crippen LogP contribution in [0.2, 0.25) is 0 Å². The van der Waals surface area contributed by atoms with Crippen LogP contribution in [0.1, 0.15) is 0 Å². The minimum atomic E-state index is -10.7. The van der Waals surface area contributed by atoms with Gasteiger partial charge in [-0.1, -0.05) is 6.07 Å². The average Bonchev–Trinajstić information content (AvgIpc) is 2.82. The van der Waals surface area contributed by atoms with Crippen LogP contribution in [0.4, 0.5) is 30.9 Å². The molecule has 0 unspecified atom stereocenters. The Balaban J connectivity index is 0.000000351. The molecule has 0 saturated heterocycles. The van der Waals surface area contributed by atoms with Crippen LogP contribution in [0.25, 0.3) is 11.0 Å². The summed E-state index contributed by atoms with van der Waals surface area (Å²) in [5.41, 5.74) is 2.61. The van der Waals surface area contributed by atoms with E-state index in [9.17, 15) is 25.2 Å². The third-order valence-electron chi connectivity index (χ3n) is 2.54. The molecule has 1 heterocycles. The van der Waals surface area contributed by atoms with Crippen molar-refractivity contribution in [3.63, 3.8) is 0 Å². The molecule has 24 heavy (non-hydrogen) atoms. The van der Waals surface area contributed by atoms with E-state index in [-0.39, 0.29) is 0 Å². The Hall–Kier alpha value is -2.10. The first-order valence-corrected chi connectivity index (χ1v) is 8.31. The van der Waals surface area contributed by atoms with Gasteiger partial charge in [0.1, 0.15) is 5.52 Å². The first-order chi connectivity index (χ1) is 10.6. The van der Waals surface area contributed by atoms with Crippen molar-refractivity contribution in [1.29, 1.82) is 0 Å². The third-order valence-corrected chi connectivity index (χ3v) is 2.54. The van der Waals surface area contributed by atoms with E-state index in [2.05, 4.69) is 15.4 Å². The number of H-pyrrole nitrogens is 1. The Labute approximate surface area is 132 Å². The van der Waals surface area contributed by atoms with Crippen molar-refractivity contribution < 1.29 is 34.5 Å². The van der Waals surface area contributed by atoms with E-state index in [4.69, 9.17) is 4.74 Å². The molecule has 0 aliphatic heterocycles. The van der Waals surface area contributed by atoms with Crippen molar-refractivity contribution >= 4 is 30.6 Å². The summed E-state index contributed by atoms with van der Waals surface area (Å²) < 4.78 is 66.5. The summed E-state index contributed by atoms with van der Waals surface area (Å²) in [6.45, 7) is 0. The molecule has 0 radical (unpaired) electrons. The van der Waals surface area contributed by atoms with Gasteiger partial charge in [-0.3, -0.25) is 0 Å². The summed E-state index contributed by atoms with van der Waals surface area (Å²) in [5, 5.41) is 10.8. The molecule has 2 rings (SSSR count). The molecule has 1 N–H and O–H groups in total. The number of benzene rings is 1. The molecule has 6 nitrogen and oxygen atoms in total.